The molecule has 0 spiro atoms. The van der Waals surface area contributed by atoms with Gasteiger partial charge >= 0.3 is 0 Å². The summed E-state index contributed by atoms with van der Waals surface area (Å²) >= 11 is 0. The minimum Gasteiger partial charge on any atom is -0.327 e. The standard InChI is InChI=1S/C7H10N2O/c1-5-2-6(8)7(3-5)9-4-10/h3-5,8H,2H2,1H3,(H,9,10). The molecule has 1 rings (SSSR count). The molecule has 1 aliphatic rings. The third kappa shape index (κ3) is 1.23. The van der Waals surface area contributed by atoms with Crippen molar-refractivity contribution in [2.45, 2.75) is 13.3 Å². The lowest BCUT2D eigenvalue weighted by molar-refractivity contribution is -0.108. The molecule has 2 N–H and O–H groups in total. The van der Waals surface area contributed by atoms with Crippen molar-refractivity contribution in [3.63, 3.8) is 0 Å². The molecule has 1 amide bonds. The third-order valence-electron chi connectivity index (χ3n) is 1.52. The van der Waals surface area contributed by atoms with Crippen molar-refractivity contribution in [2.24, 2.45) is 5.92 Å². The second-order valence-electron chi connectivity index (χ2n) is 2.50. The SMILES string of the molecule is CC1C=C(NC=O)C(=N)C1. The zero-order chi connectivity index (χ0) is 7.56. The minimum absolute atomic E-state index is 0.398. The molecular formula is C7H10N2O. The van der Waals surface area contributed by atoms with E-state index in [9.17, 15) is 4.79 Å². The highest BCUT2D eigenvalue weighted by Crippen LogP contribution is 2.17. The molecule has 3 nitrogen and oxygen atoms in total. The molecule has 0 aliphatic heterocycles. The Kier molecular flexibility index (Phi) is 1.85. The topological polar surface area (TPSA) is 53.0 Å². The van der Waals surface area contributed by atoms with E-state index in [2.05, 4.69) is 5.32 Å². The quantitative estimate of drug-likeness (QED) is 0.541. The van der Waals surface area contributed by atoms with E-state index in [4.69, 9.17) is 5.41 Å². The molecule has 1 aliphatic carbocycles. The van der Waals surface area contributed by atoms with Crippen LogP contribution in [0.5, 0.6) is 0 Å². The van der Waals surface area contributed by atoms with Gasteiger partial charge in [0, 0.05) is 0 Å². The Morgan fingerprint density at radius 3 is 3.00 bits per heavy atom. The molecule has 0 heterocycles. The fourth-order valence-electron chi connectivity index (χ4n) is 1.07. The normalized spacial score (nSPS) is 24.3. The zero-order valence-electron chi connectivity index (χ0n) is 5.85. The summed E-state index contributed by atoms with van der Waals surface area (Å²) in [5.74, 6) is 0.398. The van der Waals surface area contributed by atoms with Crippen LogP contribution in [0.3, 0.4) is 0 Å². The summed E-state index contributed by atoms with van der Waals surface area (Å²) in [6.07, 6.45) is 3.26. The van der Waals surface area contributed by atoms with Gasteiger partial charge in [-0.05, 0) is 12.3 Å². The number of hydrogen-bond donors (Lipinski definition) is 2. The van der Waals surface area contributed by atoms with Crippen LogP contribution in [0.15, 0.2) is 11.8 Å². The van der Waals surface area contributed by atoms with Gasteiger partial charge in [-0.1, -0.05) is 13.0 Å². The maximum absolute atomic E-state index is 9.96. The smallest absolute Gasteiger partial charge is 0.211 e. The lowest BCUT2D eigenvalue weighted by atomic mass is 10.1. The van der Waals surface area contributed by atoms with Crippen molar-refractivity contribution in [1.82, 2.24) is 5.32 Å². The highest BCUT2D eigenvalue weighted by atomic mass is 16.1. The van der Waals surface area contributed by atoms with E-state index < -0.39 is 0 Å². The van der Waals surface area contributed by atoms with E-state index >= 15 is 0 Å². The molecule has 0 aromatic carbocycles. The van der Waals surface area contributed by atoms with Gasteiger partial charge in [0.25, 0.3) is 0 Å². The van der Waals surface area contributed by atoms with Gasteiger partial charge < -0.3 is 10.7 Å². The van der Waals surface area contributed by atoms with Crippen molar-refractivity contribution in [1.29, 1.82) is 5.41 Å². The second kappa shape index (κ2) is 2.64. The average molecular weight is 138 g/mol. The maximum Gasteiger partial charge on any atom is 0.211 e. The van der Waals surface area contributed by atoms with Crippen LogP contribution in [-0.4, -0.2) is 12.1 Å². The van der Waals surface area contributed by atoms with Crippen molar-refractivity contribution in [3.05, 3.63) is 11.8 Å². The summed E-state index contributed by atoms with van der Waals surface area (Å²) in [6, 6.07) is 0. The lowest BCUT2D eigenvalue weighted by Crippen LogP contribution is -2.14. The van der Waals surface area contributed by atoms with Gasteiger partial charge in [0.15, 0.2) is 0 Å². The molecule has 0 bridgehead atoms. The molecule has 0 saturated heterocycles. The first-order chi connectivity index (χ1) is 4.74. The van der Waals surface area contributed by atoms with Crippen LogP contribution >= 0.6 is 0 Å². The average Bonchev–Trinajstić information content (AvgIpc) is 2.13. The Bertz CT molecular complexity index is 196. The zero-order valence-corrected chi connectivity index (χ0v) is 5.85. The number of rotatable bonds is 2. The molecule has 0 aromatic heterocycles. The van der Waals surface area contributed by atoms with Crippen LogP contribution in [0.4, 0.5) is 0 Å². The number of carbonyl (C=O) groups is 1. The monoisotopic (exact) mass is 138 g/mol. The van der Waals surface area contributed by atoms with Gasteiger partial charge in [-0.3, -0.25) is 4.79 Å². The first-order valence-electron chi connectivity index (χ1n) is 3.24. The number of hydrogen-bond acceptors (Lipinski definition) is 2. The number of nitrogens with one attached hydrogen (secondary N) is 2. The fraction of sp³-hybridized carbons (Fsp3) is 0.429. The Balaban J connectivity index is 2.65. The van der Waals surface area contributed by atoms with Crippen molar-refractivity contribution < 1.29 is 4.79 Å². The highest BCUT2D eigenvalue weighted by Gasteiger charge is 2.16. The molecular weight excluding hydrogens is 128 g/mol. The van der Waals surface area contributed by atoms with Crippen LogP contribution in [0, 0.1) is 11.3 Å². The van der Waals surface area contributed by atoms with Crippen LogP contribution in [0.1, 0.15) is 13.3 Å². The van der Waals surface area contributed by atoms with E-state index in [1.807, 2.05) is 13.0 Å². The Labute approximate surface area is 59.6 Å². The van der Waals surface area contributed by atoms with Gasteiger partial charge in [0.05, 0.1) is 11.4 Å². The van der Waals surface area contributed by atoms with Gasteiger partial charge in [-0.15, -0.1) is 0 Å². The summed E-state index contributed by atoms with van der Waals surface area (Å²) < 4.78 is 0. The molecule has 3 heteroatoms. The number of amides is 1. The van der Waals surface area contributed by atoms with Crippen molar-refractivity contribution >= 4 is 12.1 Å². The Morgan fingerprint density at radius 2 is 2.60 bits per heavy atom. The van der Waals surface area contributed by atoms with Gasteiger partial charge in [0.2, 0.25) is 6.41 Å². The van der Waals surface area contributed by atoms with Crippen molar-refractivity contribution in [2.75, 3.05) is 0 Å². The highest BCUT2D eigenvalue weighted by molar-refractivity contribution is 6.01. The molecule has 54 valence electrons. The summed E-state index contributed by atoms with van der Waals surface area (Å²) in [5, 5.41) is 9.83. The van der Waals surface area contributed by atoms with E-state index in [0.717, 1.165) is 6.42 Å². The predicted octanol–water partition coefficient (Wildman–Crippen LogP) is 0.676. The van der Waals surface area contributed by atoms with E-state index in [0.29, 0.717) is 23.7 Å². The van der Waals surface area contributed by atoms with Crippen LogP contribution < -0.4 is 5.32 Å². The summed E-state index contributed by atoms with van der Waals surface area (Å²) in [4.78, 5) is 9.96. The van der Waals surface area contributed by atoms with Crippen molar-refractivity contribution in [3.8, 4) is 0 Å². The summed E-state index contributed by atoms with van der Waals surface area (Å²) in [6.45, 7) is 2.02. The van der Waals surface area contributed by atoms with E-state index in [1.54, 1.807) is 0 Å². The third-order valence-corrected chi connectivity index (χ3v) is 1.52. The largest absolute Gasteiger partial charge is 0.327 e. The molecule has 1 atom stereocenters. The maximum atomic E-state index is 9.96. The number of allylic oxidation sites excluding steroid dienone is 2. The second-order valence-corrected chi connectivity index (χ2v) is 2.50. The Morgan fingerprint density at radius 1 is 1.90 bits per heavy atom. The van der Waals surface area contributed by atoms with Gasteiger partial charge in [-0.2, -0.15) is 0 Å². The molecule has 0 fully saturated rings. The molecule has 0 radical (unpaired) electrons. The van der Waals surface area contributed by atoms with E-state index in [-0.39, 0.29) is 0 Å². The molecule has 0 saturated carbocycles. The van der Waals surface area contributed by atoms with Crippen LogP contribution in [-0.2, 0) is 4.79 Å². The predicted molar refractivity (Wildman–Crippen MR) is 38.8 cm³/mol. The molecule has 0 aromatic rings. The summed E-state index contributed by atoms with van der Waals surface area (Å²) in [5.41, 5.74) is 1.20. The van der Waals surface area contributed by atoms with Crippen LogP contribution in [0.25, 0.3) is 0 Å². The van der Waals surface area contributed by atoms with Gasteiger partial charge in [-0.25, -0.2) is 0 Å². The molecule has 1 unspecified atom stereocenters. The van der Waals surface area contributed by atoms with E-state index in [1.165, 1.54) is 0 Å². The first kappa shape index (κ1) is 6.99. The summed E-state index contributed by atoms with van der Waals surface area (Å²) in [7, 11) is 0. The first-order valence-corrected chi connectivity index (χ1v) is 3.24. The number of carbonyl (C=O) groups excluding carboxylic acids is 1. The Hall–Kier alpha value is -1.12. The molecule has 10 heavy (non-hydrogen) atoms. The lowest BCUT2D eigenvalue weighted by Gasteiger charge is -1.96. The van der Waals surface area contributed by atoms with Gasteiger partial charge in [0.1, 0.15) is 0 Å². The fourth-order valence-corrected chi connectivity index (χ4v) is 1.07. The van der Waals surface area contributed by atoms with Crippen LogP contribution in [0.2, 0.25) is 0 Å². The minimum atomic E-state index is 0.398.